The average molecular weight is 597 g/mol. The summed E-state index contributed by atoms with van der Waals surface area (Å²) in [5, 5.41) is 2.97. The van der Waals surface area contributed by atoms with Crippen molar-refractivity contribution in [2.24, 2.45) is 0 Å². The molecule has 0 bridgehead atoms. The van der Waals surface area contributed by atoms with Gasteiger partial charge in [0.25, 0.3) is 5.91 Å². The van der Waals surface area contributed by atoms with Crippen LogP contribution in [0, 0.1) is 5.82 Å². The molecule has 41 heavy (non-hydrogen) atoms. The highest BCUT2D eigenvalue weighted by Gasteiger charge is 2.40. The van der Waals surface area contributed by atoms with Gasteiger partial charge in [-0.05, 0) is 53.6 Å². The Morgan fingerprint density at radius 1 is 0.878 bits per heavy atom. The van der Waals surface area contributed by atoms with Crippen molar-refractivity contribution < 1.29 is 40.3 Å². The number of pyridine rings is 1. The normalized spacial score (nSPS) is 13.4. The summed E-state index contributed by atoms with van der Waals surface area (Å²) in [6.07, 6.45) is -8.44. The van der Waals surface area contributed by atoms with Crippen molar-refractivity contribution in [1.29, 1.82) is 0 Å². The van der Waals surface area contributed by atoms with Gasteiger partial charge in [-0.1, -0.05) is 54.1 Å². The van der Waals surface area contributed by atoms with E-state index in [0.29, 0.717) is 17.7 Å². The second kappa shape index (κ2) is 11.8. The van der Waals surface area contributed by atoms with Crippen LogP contribution in [0.4, 0.5) is 30.7 Å². The molecule has 0 saturated carbocycles. The molecule has 0 spiro atoms. The van der Waals surface area contributed by atoms with Gasteiger partial charge >= 0.3 is 12.4 Å². The van der Waals surface area contributed by atoms with Gasteiger partial charge in [-0.25, -0.2) is 4.39 Å². The van der Waals surface area contributed by atoms with Crippen LogP contribution in [-0.2, 0) is 18.1 Å². The number of aromatic nitrogens is 1. The SMILES string of the molecule is O=C(N[C@@](Cc1ccccc1)(c1cccc(OCC(F)(F)F)c1)c1ccc(Cl)cn1)c1ccc(F)c(C(F)(F)F)c1. The number of benzene rings is 3. The summed E-state index contributed by atoms with van der Waals surface area (Å²) in [6, 6.07) is 18.9. The van der Waals surface area contributed by atoms with Gasteiger partial charge in [0.1, 0.15) is 17.1 Å². The monoisotopic (exact) mass is 596 g/mol. The summed E-state index contributed by atoms with van der Waals surface area (Å²) >= 11 is 6.04. The Bertz CT molecular complexity index is 1510. The molecule has 4 aromatic rings. The maximum absolute atomic E-state index is 14.0. The fourth-order valence-corrected chi connectivity index (χ4v) is 4.33. The first-order valence-corrected chi connectivity index (χ1v) is 12.3. The zero-order valence-electron chi connectivity index (χ0n) is 20.9. The molecule has 3 aromatic carbocycles. The lowest BCUT2D eigenvalue weighted by atomic mass is 9.80. The third-order valence-electron chi connectivity index (χ3n) is 6.07. The van der Waals surface area contributed by atoms with E-state index in [4.69, 9.17) is 16.3 Å². The van der Waals surface area contributed by atoms with E-state index in [-0.39, 0.29) is 28.5 Å². The Balaban J connectivity index is 1.89. The van der Waals surface area contributed by atoms with Gasteiger partial charge in [0.05, 0.1) is 16.3 Å². The highest BCUT2D eigenvalue weighted by atomic mass is 35.5. The van der Waals surface area contributed by atoms with Crippen molar-refractivity contribution in [1.82, 2.24) is 10.3 Å². The van der Waals surface area contributed by atoms with Crippen LogP contribution in [0.15, 0.2) is 91.1 Å². The zero-order valence-corrected chi connectivity index (χ0v) is 21.6. The van der Waals surface area contributed by atoms with Crippen molar-refractivity contribution in [2.75, 3.05) is 6.61 Å². The van der Waals surface area contributed by atoms with Crippen molar-refractivity contribution in [3.63, 3.8) is 0 Å². The van der Waals surface area contributed by atoms with E-state index in [9.17, 15) is 35.5 Å². The number of alkyl halides is 6. The first-order valence-electron chi connectivity index (χ1n) is 11.9. The number of nitrogens with zero attached hydrogens (tertiary/aromatic N) is 1. The second-order valence-electron chi connectivity index (χ2n) is 9.01. The van der Waals surface area contributed by atoms with E-state index in [1.54, 1.807) is 30.3 Å². The van der Waals surface area contributed by atoms with Gasteiger partial charge in [-0.15, -0.1) is 0 Å². The molecule has 0 radical (unpaired) electrons. The smallest absolute Gasteiger partial charge is 0.422 e. The summed E-state index contributed by atoms with van der Waals surface area (Å²) in [7, 11) is 0. The van der Waals surface area contributed by atoms with Crippen LogP contribution in [0.2, 0.25) is 5.02 Å². The lowest BCUT2D eigenvalue weighted by molar-refractivity contribution is -0.153. The van der Waals surface area contributed by atoms with Crippen LogP contribution >= 0.6 is 11.6 Å². The largest absolute Gasteiger partial charge is 0.484 e. The third kappa shape index (κ3) is 7.35. The molecule has 0 fully saturated rings. The van der Waals surface area contributed by atoms with Gasteiger partial charge < -0.3 is 10.1 Å². The minimum Gasteiger partial charge on any atom is -0.484 e. The summed E-state index contributed by atoms with van der Waals surface area (Å²) in [5.41, 5.74) is -2.78. The van der Waals surface area contributed by atoms with E-state index in [0.717, 1.165) is 6.07 Å². The predicted octanol–water partition coefficient (Wildman–Crippen LogP) is 7.75. The molecule has 0 aliphatic heterocycles. The molecule has 1 amide bonds. The van der Waals surface area contributed by atoms with E-state index < -0.39 is 47.3 Å². The maximum atomic E-state index is 14.0. The topological polar surface area (TPSA) is 51.2 Å². The number of hydrogen-bond acceptors (Lipinski definition) is 3. The Morgan fingerprint density at radius 2 is 1.61 bits per heavy atom. The summed E-state index contributed by atoms with van der Waals surface area (Å²) in [5.74, 6) is -2.76. The molecule has 0 unspecified atom stereocenters. The van der Waals surface area contributed by atoms with Gasteiger partial charge in [0.2, 0.25) is 0 Å². The molecule has 1 N–H and O–H groups in total. The molecule has 4 nitrogen and oxygen atoms in total. The summed E-state index contributed by atoms with van der Waals surface area (Å²) in [4.78, 5) is 17.9. The number of halogens is 8. The molecule has 12 heteroatoms. The second-order valence-corrected chi connectivity index (χ2v) is 9.44. The van der Waals surface area contributed by atoms with Gasteiger partial charge in [0.15, 0.2) is 6.61 Å². The Morgan fingerprint density at radius 3 is 2.24 bits per heavy atom. The van der Waals surface area contributed by atoms with E-state index >= 15 is 0 Å². The van der Waals surface area contributed by atoms with Crippen molar-refractivity contribution >= 4 is 17.5 Å². The molecule has 1 heterocycles. The van der Waals surface area contributed by atoms with Crippen molar-refractivity contribution in [2.45, 2.75) is 24.3 Å². The van der Waals surface area contributed by atoms with Crippen LogP contribution in [0.1, 0.15) is 32.7 Å². The van der Waals surface area contributed by atoms with E-state index in [2.05, 4.69) is 10.3 Å². The van der Waals surface area contributed by atoms with Gasteiger partial charge in [-0.2, -0.15) is 26.3 Å². The molecular formula is C29H20ClF7N2O2. The Hall–Kier alpha value is -4.12. The summed E-state index contributed by atoms with van der Waals surface area (Å²) < 4.78 is 97.6. The number of carbonyl (C=O) groups excluding carboxylic acids is 1. The highest BCUT2D eigenvalue weighted by Crippen LogP contribution is 2.36. The first kappa shape index (κ1) is 29.9. The summed E-state index contributed by atoms with van der Waals surface area (Å²) in [6.45, 7) is -1.58. The quantitative estimate of drug-likeness (QED) is 0.212. The fraction of sp³-hybridized carbons (Fsp3) is 0.172. The molecule has 1 aromatic heterocycles. The fourth-order valence-electron chi connectivity index (χ4n) is 4.22. The lowest BCUT2D eigenvalue weighted by Gasteiger charge is -2.36. The number of ether oxygens (including phenoxy) is 1. The van der Waals surface area contributed by atoms with Crippen molar-refractivity contribution in [3.05, 3.63) is 130 Å². The van der Waals surface area contributed by atoms with Crippen molar-refractivity contribution in [3.8, 4) is 5.75 Å². The molecule has 0 aliphatic carbocycles. The predicted molar refractivity (Wildman–Crippen MR) is 137 cm³/mol. The molecule has 0 saturated heterocycles. The average Bonchev–Trinajstić information content (AvgIpc) is 2.92. The Labute approximate surface area is 234 Å². The van der Waals surface area contributed by atoms with E-state index in [1.165, 1.54) is 42.6 Å². The molecular weight excluding hydrogens is 577 g/mol. The van der Waals surface area contributed by atoms with Gasteiger partial charge in [0, 0.05) is 18.2 Å². The Kier molecular flexibility index (Phi) is 8.58. The van der Waals surface area contributed by atoms with Crippen LogP contribution in [0.25, 0.3) is 0 Å². The lowest BCUT2D eigenvalue weighted by Crippen LogP contribution is -2.49. The highest BCUT2D eigenvalue weighted by molar-refractivity contribution is 6.30. The number of carbonyl (C=O) groups is 1. The van der Waals surface area contributed by atoms with Crippen LogP contribution < -0.4 is 10.1 Å². The first-order chi connectivity index (χ1) is 19.3. The third-order valence-corrected chi connectivity index (χ3v) is 6.29. The van der Waals surface area contributed by atoms with Gasteiger partial charge in [-0.3, -0.25) is 9.78 Å². The number of hydrogen-bond donors (Lipinski definition) is 1. The molecule has 0 aliphatic rings. The molecule has 4 rings (SSSR count). The minimum atomic E-state index is -5.07. The zero-order chi connectivity index (χ0) is 29.8. The molecule has 1 atom stereocenters. The van der Waals surface area contributed by atoms with Crippen LogP contribution in [-0.4, -0.2) is 23.7 Å². The number of rotatable bonds is 8. The number of amides is 1. The maximum Gasteiger partial charge on any atom is 0.422 e. The van der Waals surface area contributed by atoms with Crippen LogP contribution in [0.5, 0.6) is 5.75 Å². The van der Waals surface area contributed by atoms with Crippen LogP contribution in [0.3, 0.4) is 0 Å². The molecule has 214 valence electrons. The minimum absolute atomic E-state index is 0.0374. The standard InChI is InChI=1S/C29H20ClF7N2O2/c30-21-10-12-25(38-16-21)27(15-18-5-2-1-3-6-18,20-7-4-8-22(14-20)41-17-28(32,33)34)39-26(40)19-9-11-24(31)23(13-19)29(35,36)37/h1-14,16H,15,17H2,(H,39,40)/t27-/m0/s1. The van der Waals surface area contributed by atoms with E-state index in [1.807, 2.05) is 0 Å². The number of nitrogens with one attached hydrogen (secondary N) is 1.